The maximum absolute atomic E-state index is 11.9. The standard InChI is InChI=1S/C17H18ClN3O3/c1-9-12-7-11(23-4)5-6-14(12)24-16(9)10(2)20-13-8-19-21(3)17(22)15(13)18/h5-8,10,20H,1-4H3. The summed E-state index contributed by atoms with van der Waals surface area (Å²) in [6, 6.07) is 5.49. The van der Waals surface area contributed by atoms with E-state index < -0.39 is 0 Å². The Morgan fingerprint density at radius 3 is 2.88 bits per heavy atom. The van der Waals surface area contributed by atoms with E-state index in [9.17, 15) is 4.79 Å². The van der Waals surface area contributed by atoms with E-state index >= 15 is 0 Å². The summed E-state index contributed by atoms with van der Waals surface area (Å²) < 4.78 is 12.4. The van der Waals surface area contributed by atoms with E-state index in [0.29, 0.717) is 5.69 Å². The fourth-order valence-corrected chi connectivity index (χ4v) is 2.89. The number of aromatic nitrogens is 2. The Bertz CT molecular complexity index is 962. The molecular formula is C17H18ClN3O3. The molecule has 3 aromatic rings. The first-order chi connectivity index (χ1) is 11.4. The number of nitrogens with one attached hydrogen (secondary N) is 1. The van der Waals surface area contributed by atoms with Crippen LogP contribution in [0.4, 0.5) is 5.69 Å². The summed E-state index contributed by atoms with van der Waals surface area (Å²) in [6.07, 6.45) is 1.53. The second-order valence-corrected chi connectivity index (χ2v) is 6.00. The van der Waals surface area contributed by atoms with Gasteiger partial charge in [-0.15, -0.1) is 0 Å². The molecule has 126 valence electrons. The molecule has 1 N–H and O–H groups in total. The normalized spacial score (nSPS) is 12.4. The number of benzene rings is 1. The van der Waals surface area contributed by atoms with Crippen molar-refractivity contribution in [2.45, 2.75) is 19.9 Å². The number of nitrogens with zero attached hydrogens (tertiary/aromatic N) is 2. The molecule has 0 aliphatic carbocycles. The first-order valence-corrected chi connectivity index (χ1v) is 7.85. The lowest BCUT2D eigenvalue weighted by atomic mass is 10.1. The number of hydrogen-bond acceptors (Lipinski definition) is 5. The van der Waals surface area contributed by atoms with Gasteiger partial charge in [-0.1, -0.05) is 11.6 Å². The van der Waals surface area contributed by atoms with Crippen LogP contribution < -0.4 is 15.6 Å². The summed E-state index contributed by atoms with van der Waals surface area (Å²) in [7, 11) is 3.19. The predicted molar refractivity (Wildman–Crippen MR) is 94.0 cm³/mol. The first-order valence-electron chi connectivity index (χ1n) is 7.47. The Hall–Kier alpha value is -2.47. The highest BCUT2D eigenvalue weighted by Crippen LogP contribution is 2.33. The number of halogens is 1. The van der Waals surface area contributed by atoms with E-state index in [1.54, 1.807) is 14.2 Å². The van der Waals surface area contributed by atoms with Crippen LogP contribution >= 0.6 is 11.6 Å². The van der Waals surface area contributed by atoms with Crippen LogP contribution in [0.25, 0.3) is 11.0 Å². The van der Waals surface area contributed by atoms with Crippen molar-refractivity contribution >= 4 is 28.3 Å². The van der Waals surface area contributed by atoms with Gasteiger partial charge in [0, 0.05) is 18.0 Å². The minimum absolute atomic E-state index is 0.106. The Kier molecular flexibility index (Phi) is 4.24. The van der Waals surface area contributed by atoms with Gasteiger partial charge in [0.05, 0.1) is 25.0 Å². The fourth-order valence-electron chi connectivity index (χ4n) is 2.67. The minimum atomic E-state index is -0.347. The zero-order valence-electron chi connectivity index (χ0n) is 13.9. The van der Waals surface area contributed by atoms with E-state index in [0.717, 1.165) is 28.0 Å². The third-order valence-electron chi connectivity index (χ3n) is 4.02. The van der Waals surface area contributed by atoms with Crippen molar-refractivity contribution in [2.75, 3.05) is 12.4 Å². The van der Waals surface area contributed by atoms with E-state index in [2.05, 4.69) is 10.4 Å². The lowest BCUT2D eigenvalue weighted by Crippen LogP contribution is -2.21. The van der Waals surface area contributed by atoms with Gasteiger partial charge < -0.3 is 14.5 Å². The topological polar surface area (TPSA) is 69.3 Å². The van der Waals surface area contributed by atoms with Gasteiger partial charge in [0.15, 0.2) is 0 Å². The molecule has 1 aromatic carbocycles. The van der Waals surface area contributed by atoms with Gasteiger partial charge in [0.25, 0.3) is 5.56 Å². The second-order valence-electron chi connectivity index (χ2n) is 5.62. The lowest BCUT2D eigenvalue weighted by molar-refractivity contribution is 0.415. The van der Waals surface area contributed by atoms with Crippen LogP contribution in [0.1, 0.15) is 24.3 Å². The molecule has 3 rings (SSSR count). The number of rotatable bonds is 4. The second kappa shape index (κ2) is 6.20. The van der Waals surface area contributed by atoms with Gasteiger partial charge in [0.2, 0.25) is 0 Å². The molecule has 0 radical (unpaired) electrons. The number of fused-ring (bicyclic) bond motifs is 1. The van der Waals surface area contributed by atoms with Crippen molar-refractivity contribution in [2.24, 2.45) is 7.05 Å². The van der Waals surface area contributed by atoms with Crippen LogP contribution in [0.5, 0.6) is 5.75 Å². The van der Waals surface area contributed by atoms with Crippen LogP contribution in [0, 0.1) is 6.92 Å². The molecule has 1 unspecified atom stereocenters. The molecule has 24 heavy (non-hydrogen) atoms. The van der Waals surface area contributed by atoms with Gasteiger partial charge in [-0.25, -0.2) is 4.68 Å². The van der Waals surface area contributed by atoms with Crippen LogP contribution in [0.15, 0.2) is 33.6 Å². The maximum atomic E-state index is 11.9. The van der Waals surface area contributed by atoms with Crippen LogP contribution in [0.2, 0.25) is 5.02 Å². The molecule has 2 aromatic heterocycles. The third-order valence-corrected chi connectivity index (χ3v) is 4.39. The van der Waals surface area contributed by atoms with Crippen LogP contribution in [-0.4, -0.2) is 16.9 Å². The molecule has 0 saturated carbocycles. The lowest BCUT2D eigenvalue weighted by Gasteiger charge is -2.14. The average Bonchev–Trinajstić information content (AvgIpc) is 2.91. The van der Waals surface area contributed by atoms with Gasteiger partial charge >= 0.3 is 0 Å². The maximum Gasteiger partial charge on any atom is 0.287 e. The van der Waals surface area contributed by atoms with Gasteiger partial charge in [-0.3, -0.25) is 4.79 Å². The number of ether oxygens (including phenoxy) is 1. The van der Waals surface area contributed by atoms with Crippen LogP contribution in [-0.2, 0) is 7.05 Å². The molecule has 0 fully saturated rings. The third kappa shape index (κ3) is 2.73. The van der Waals surface area contributed by atoms with Crippen molar-refractivity contribution < 1.29 is 9.15 Å². The number of anilines is 1. The Labute approximate surface area is 144 Å². The summed E-state index contributed by atoms with van der Waals surface area (Å²) in [4.78, 5) is 11.9. The smallest absolute Gasteiger partial charge is 0.287 e. The molecule has 0 spiro atoms. The molecule has 2 heterocycles. The SMILES string of the molecule is COc1ccc2oc(C(C)Nc3cnn(C)c(=O)c3Cl)c(C)c2c1. The molecule has 6 nitrogen and oxygen atoms in total. The number of aryl methyl sites for hydroxylation is 2. The fraction of sp³-hybridized carbons (Fsp3) is 0.294. The number of furan rings is 1. The van der Waals surface area contributed by atoms with Crippen LogP contribution in [0.3, 0.4) is 0 Å². The summed E-state index contributed by atoms with van der Waals surface area (Å²) in [5, 5.41) is 8.27. The van der Waals surface area contributed by atoms with E-state index in [1.807, 2.05) is 32.0 Å². The number of methoxy groups -OCH3 is 1. The minimum Gasteiger partial charge on any atom is -0.497 e. The molecule has 0 aliphatic heterocycles. The largest absolute Gasteiger partial charge is 0.497 e. The van der Waals surface area contributed by atoms with Crippen molar-refractivity contribution in [1.29, 1.82) is 0 Å². The predicted octanol–water partition coefficient (Wildman–Crippen LogP) is 3.67. The first kappa shape index (κ1) is 16.4. The highest BCUT2D eigenvalue weighted by Gasteiger charge is 2.19. The van der Waals surface area contributed by atoms with Crippen molar-refractivity contribution in [3.63, 3.8) is 0 Å². The highest BCUT2D eigenvalue weighted by molar-refractivity contribution is 6.32. The Morgan fingerprint density at radius 2 is 2.17 bits per heavy atom. The zero-order chi connectivity index (χ0) is 17.4. The van der Waals surface area contributed by atoms with E-state index in [-0.39, 0.29) is 16.6 Å². The van der Waals surface area contributed by atoms with Crippen molar-refractivity contribution in [1.82, 2.24) is 9.78 Å². The zero-order valence-corrected chi connectivity index (χ0v) is 14.6. The Morgan fingerprint density at radius 1 is 1.42 bits per heavy atom. The number of hydrogen-bond donors (Lipinski definition) is 1. The van der Waals surface area contributed by atoms with E-state index in [1.165, 1.54) is 10.9 Å². The van der Waals surface area contributed by atoms with Gasteiger partial charge in [-0.2, -0.15) is 5.10 Å². The highest BCUT2D eigenvalue weighted by atomic mass is 35.5. The monoisotopic (exact) mass is 347 g/mol. The quantitative estimate of drug-likeness (QED) is 0.779. The molecule has 1 atom stereocenters. The van der Waals surface area contributed by atoms with Crippen molar-refractivity contribution in [3.05, 3.63) is 51.1 Å². The molecule has 0 aliphatic rings. The molecule has 0 saturated heterocycles. The molecular weight excluding hydrogens is 330 g/mol. The van der Waals surface area contributed by atoms with Crippen molar-refractivity contribution in [3.8, 4) is 5.75 Å². The summed E-state index contributed by atoms with van der Waals surface area (Å²) >= 11 is 6.11. The van der Waals surface area contributed by atoms with Gasteiger partial charge in [0.1, 0.15) is 22.1 Å². The average molecular weight is 348 g/mol. The van der Waals surface area contributed by atoms with Gasteiger partial charge in [-0.05, 0) is 32.0 Å². The van der Waals surface area contributed by atoms with E-state index in [4.69, 9.17) is 20.8 Å². The summed E-state index contributed by atoms with van der Waals surface area (Å²) in [6.45, 7) is 3.93. The molecule has 0 amide bonds. The Balaban J connectivity index is 1.97. The molecule has 0 bridgehead atoms. The summed E-state index contributed by atoms with van der Waals surface area (Å²) in [5.41, 5.74) is 1.92. The molecule has 7 heteroatoms. The summed E-state index contributed by atoms with van der Waals surface area (Å²) in [5.74, 6) is 1.55.